The fourth-order valence-electron chi connectivity index (χ4n) is 4.91. The second kappa shape index (κ2) is 13.8. The van der Waals surface area contributed by atoms with Crippen LogP contribution in [0.4, 0.5) is 0 Å². The molecule has 0 atom stereocenters. The number of benzene rings is 3. The Hall–Kier alpha value is -3.31. The maximum atomic E-state index is 6.21. The van der Waals surface area contributed by atoms with Gasteiger partial charge >= 0.3 is 0 Å². The molecule has 0 saturated heterocycles. The molecule has 4 nitrogen and oxygen atoms in total. The molecular weight excluding hydrogens is 472 g/mol. The Bertz CT molecular complexity index is 1140. The first-order chi connectivity index (χ1) is 18.3. The quantitative estimate of drug-likeness (QED) is 0.139. The molecule has 0 fully saturated rings. The van der Waals surface area contributed by atoms with Gasteiger partial charge in [-0.3, -0.25) is 0 Å². The van der Waals surface area contributed by atoms with Crippen molar-refractivity contribution in [2.24, 2.45) is 0 Å². The third-order valence-corrected chi connectivity index (χ3v) is 9.48. The van der Waals surface area contributed by atoms with E-state index in [4.69, 9.17) is 9.47 Å². The Kier molecular flexibility index (Phi) is 10.0. The molecule has 4 aromatic rings. The van der Waals surface area contributed by atoms with Gasteiger partial charge in [-0.2, -0.15) is 0 Å². The van der Waals surface area contributed by atoms with Crippen molar-refractivity contribution in [3.63, 3.8) is 0 Å². The molecule has 4 rings (SSSR count). The van der Waals surface area contributed by atoms with Gasteiger partial charge in [0.25, 0.3) is 0 Å². The molecule has 1 aromatic heterocycles. The van der Waals surface area contributed by atoms with Crippen molar-refractivity contribution in [3.05, 3.63) is 109 Å². The molecule has 0 aliphatic heterocycles. The zero-order valence-corrected chi connectivity index (χ0v) is 23.7. The van der Waals surface area contributed by atoms with E-state index < -0.39 is 9.52 Å². The summed E-state index contributed by atoms with van der Waals surface area (Å²) in [6, 6.07) is 28.2. The molecule has 5 heteroatoms. The van der Waals surface area contributed by atoms with E-state index in [-0.39, 0.29) is 5.16 Å². The van der Waals surface area contributed by atoms with Gasteiger partial charge < -0.3 is 14.0 Å². The summed E-state index contributed by atoms with van der Waals surface area (Å²) in [6.45, 7) is 5.92. The molecule has 0 amide bonds. The Labute approximate surface area is 224 Å². The van der Waals surface area contributed by atoms with E-state index in [9.17, 15) is 0 Å². The Morgan fingerprint density at radius 3 is 1.84 bits per heavy atom. The van der Waals surface area contributed by atoms with Gasteiger partial charge in [0.2, 0.25) is 0 Å². The van der Waals surface area contributed by atoms with Crippen LogP contribution < -0.4 is 14.7 Å². The average molecular weight is 513 g/mol. The predicted octanol–water partition coefficient (Wildman–Crippen LogP) is 6.26. The number of unbranched alkanes of at least 4 members (excludes halogenated alkanes) is 4. The van der Waals surface area contributed by atoms with E-state index in [2.05, 4.69) is 108 Å². The van der Waals surface area contributed by atoms with Gasteiger partial charge in [-0.15, -0.1) is 0 Å². The van der Waals surface area contributed by atoms with Crippen LogP contribution in [0.5, 0.6) is 11.5 Å². The summed E-state index contributed by atoms with van der Waals surface area (Å²) in [5.74, 6) is 1.85. The van der Waals surface area contributed by atoms with Crippen molar-refractivity contribution < 1.29 is 9.47 Å². The minimum Gasteiger partial charge on any atom is -0.494 e. The average Bonchev–Trinajstić information content (AvgIpc) is 3.49. The maximum Gasteiger partial charge on any atom is 0.119 e. The van der Waals surface area contributed by atoms with E-state index in [1.165, 1.54) is 42.0 Å². The standard InChI is InChI=1S/C32H40N2O2Si/c1-3-5-10-22-35-29-16-12-14-27(24-29)32(34-21-20-33-26-34,37-31-18-8-7-9-19-31)28-15-13-17-30(25-28)36-23-11-6-4-2/h7-9,12-21,24-26H,3-6,10-11,22-23,37H2,1-2H3. The molecule has 0 N–H and O–H groups in total. The van der Waals surface area contributed by atoms with E-state index in [1.54, 1.807) is 0 Å². The van der Waals surface area contributed by atoms with Crippen LogP contribution in [0.3, 0.4) is 0 Å². The SMILES string of the molecule is CCCCCOc1cccc(C([SiH2]c2ccccc2)(c2cccc(OCCCCC)c2)n2ccnc2)c1. The summed E-state index contributed by atoms with van der Waals surface area (Å²) in [5, 5.41) is 1.00. The van der Waals surface area contributed by atoms with Crippen LogP contribution in [0, 0.1) is 0 Å². The summed E-state index contributed by atoms with van der Waals surface area (Å²) in [7, 11) is -0.944. The van der Waals surface area contributed by atoms with E-state index in [0.717, 1.165) is 37.6 Å². The number of ether oxygens (including phenoxy) is 2. The van der Waals surface area contributed by atoms with Crippen LogP contribution in [-0.4, -0.2) is 32.3 Å². The summed E-state index contributed by atoms with van der Waals surface area (Å²) in [6.07, 6.45) is 12.8. The van der Waals surface area contributed by atoms with Crippen LogP contribution in [-0.2, 0) is 5.16 Å². The lowest BCUT2D eigenvalue weighted by molar-refractivity contribution is 0.305. The second-order valence-electron chi connectivity index (χ2n) is 9.66. The molecule has 0 unspecified atom stereocenters. The zero-order chi connectivity index (χ0) is 25.8. The van der Waals surface area contributed by atoms with Crippen molar-refractivity contribution >= 4 is 14.7 Å². The lowest BCUT2D eigenvalue weighted by atomic mass is 9.96. The van der Waals surface area contributed by atoms with Gasteiger partial charge in [-0.1, -0.05) is 99.3 Å². The van der Waals surface area contributed by atoms with Crippen LogP contribution in [0.25, 0.3) is 0 Å². The number of rotatable bonds is 15. The minimum atomic E-state index is -0.944. The summed E-state index contributed by atoms with van der Waals surface area (Å²) < 4.78 is 14.7. The second-order valence-corrected chi connectivity index (χ2v) is 11.9. The van der Waals surface area contributed by atoms with Crippen LogP contribution in [0.2, 0.25) is 0 Å². The lowest BCUT2D eigenvalue weighted by Gasteiger charge is -2.37. The first-order valence-corrected chi connectivity index (χ1v) is 15.2. The highest BCUT2D eigenvalue weighted by Crippen LogP contribution is 2.36. The van der Waals surface area contributed by atoms with Crippen molar-refractivity contribution in [1.82, 2.24) is 9.55 Å². The number of aromatic nitrogens is 2. The highest BCUT2D eigenvalue weighted by Gasteiger charge is 2.37. The van der Waals surface area contributed by atoms with Crippen LogP contribution in [0.1, 0.15) is 63.5 Å². The molecule has 3 aromatic carbocycles. The molecule has 0 aliphatic rings. The third kappa shape index (κ3) is 6.92. The summed E-state index contributed by atoms with van der Waals surface area (Å²) in [4.78, 5) is 4.49. The maximum absolute atomic E-state index is 6.21. The normalized spacial score (nSPS) is 11.7. The Morgan fingerprint density at radius 2 is 1.32 bits per heavy atom. The number of hydrogen-bond acceptors (Lipinski definition) is 3. The largest absolute Gasteiger partial charge is 0.494 e. The molecule has 0 spiro atoms. The molecule has 0 aliphatic carbocycles. The third-order valence-electron chi connectivity index (χ3n) is 6.90. The van der Waals surface area contributed by atoms with Gasteiger partial charge in [0.1, 0.15) is 11.5 Å². The first-order valence-electron chi connectivity index (χ1n) is 13.8. The molecule has 0 radical (unpaired) electrons. The van der Waals surface area contributed by atoms with Gasteiger partial charge in [-0.05, 0) is 48.2 Å². The predicted molar refractivity (Wildman–Crippen MR) is 156 cm³/mol. The van der Waals surface area contributed by atoms with E-state index in [1.807, 2.05) is 12.5 Å². The van der Waals surface area contributed by atoms with Crippen molar-refractivity contribution in [2.45, 2.75) is 57.5 Å². The number of imidazole rings is 1. The first kappa shape index (κ1) is 26.7. The van der Waals surface area contributed by atoms with Gasteiger partial charge in [0.15, 0.2) is 0 Å². The zero-order valence-electron chi connectivity index (χ0n) is 22.3. The van der Waals surface area contributed by atoms with Gasteiger partial charge in [-0.25, -0.2) is 4.98 Å². The van der Waals surface area contributed by atoms with Crippen molar-refractivity contribution in [3.8, 4) is 11.5 Å². The number of nitrogens with zero attached hydrogens (tertiary/aromatic N) is 2. The van der Waals surface area contributed by atoms with Gasteiger partial charge in [0, 0.05) is 12.4 Å². The summed E-state index contributed by atoms with van der Waals surface area (Å²) >= 11 is 0. The monoisotopic (exact) mass is 512 g/mol. The minimum absolute atomic E-state index is 0.385. The van der Waals surface area contributed by atoms with Crippen LogP contribution >= 0.6 is 0 Å². The molecule has 1 heterocycles. The molecule has 0 bridgehead atoms. The Balaban J connectivity index is 1.79. The lowest BCUT2D eigenvalue weighted by Crippen LogP contribution is -2.46. The number of hydrogen-bond donors (Lipinski definition) is 0. The molecule has 37 heavy (non-hydrogen) atoms. The highest BCUT2D eigenvalue weighted by atomic mass is 28.2. The van der Waals surface area contributed by atoms with Gasteiger partial charge in [0.05, 0.1) is 34.2 Å². The molecular formula is C32H40N2O2Si. The fraction of sp³-hybridized carbons (Fsp3) is 0.344. The highest BCUT2D eigenvalue weighted by molar-refractivity contribution is 6.57. The van der Waals surface area contributed by atoms with E-state index in [0.29, 0.717) is 0 Å². The molecule has 0 saturated carbocycles. The van der Waals surface area contributed by atoms with Crippen molar-refractivity contribution in [2.75, 3.05) is 13.2 Å². The fourth-order valence-corrected chi connectivity index (χ4v) is 7.22. The van der Waals surface area contributed by atoms with Crippen LogP contribution in [0.15, 0.2) is 97.6 Å². The van der Waals surface area contributed by atoms with E-state index >= 15 is 0 Å². The topological polar surface area (TPSA) is 36.3 Å². The molecule has 194 valence electrons. The summed E-state index contributed by atoms with van der Waals surface area (Å²) in [5.41, 5.74) is 2.44. The van der Waals surface area contributed by atoms with Crippen molar-refractivity contribution in [1.29, 1.82) is 0 Å². The Morgan fingerprint density at radius 1 is 0.730 bits per heavy atom. The smallest absolute Gasteiger partial charge is 0.119 e.